The van der Waals surface area contributed by atoms with Gasteiger partial charge in [-0.05, 0) is 53.8 Å². The minimum Gasteiger partial charge on any atom is -0.476 e. The standard InChI is InChI=1S/C23H25N5O5/c1-13-6-7-14(10-19(13)27-12-18(22(31)32)25-26-27)21(30)28(33-5)15-8-9-16(20(24)29)17(11-15)23(2,3)4/h6-12H,1-5H3,(H2,24,29)(H,31,32). The van der Waals surface area contributed by atoms with Crippen LogP contribution in [0.1, 0.15) is 63.1 Å². The number of carbonyl (C=O) groups is 3. The molecule has 172 valence electrons. The number of hydroxylamine groups is 1. The Morgan fingerprint density at radius 1 is 1.12 bits per heavy atom. The van der Waals surface area contributed by atoms with Gasteiger partial charge in [-0.2, -0.15) is 5.06 Å². The van der Waals surface area contributed by atoms with Crippen molar-refractivity contribution in [2.45, 2.75) is 33.1 Å². The van der Waals surface area contributed by atoms with E-state index in [4.69, 9.17) is 15.7 Å². The average Bonchev–Trinajstić information content (AvgIpc) is 3.24. The number of hydrogen-bond acceptors (Lipinski definition) is 6. The zero-order valence-electron chi connectivity index (χ0n) is 19.0. The summed E-state index contributed by atoms with van der Waals surface area (Å²) >= 11 is 0. The molecular weight excluding hydrogens is 426 g/mol. The molecule has 3 aromatic rings. The molecule has 10 nitrogen and oxygen atoms in total. The van der Waals surface area contributed by atoms with E-state index in [2.05, 4.69) is 10.3 Å². The number of aromatic nitrogens is 3. The third-order valence-corrected chi connectivity index (χ3v) is 5.09. The van der Waals surface area contributed by atoms with Gasteiger partial charge in [0, 0.05) is 11.1 Å². The van der Waals surface area contributed by atoms with Crippen LogP contribution in [0.25, 0.3) is 5.69 Å². The second-order valence-electron chi connectivity index (χ2n) is 8.48. The number of carbonyl (C=O) groups excluding carboxylic acids is 2. The highest BCUT2D eigenvalue weighted by Gasteiger charge is 2.25. The lowest BCUT2D eigenvalue weighted by molar-refractivity contribution is 0.0689. The first kappa shape index (κ1) is 23.6. The van der Waals surface area contributed by atoms with E-state index in [0.29, 0.717) is 22.5 Å². The van der Waals surface area contributed by atoms with Crippen molar-refractivity contribution in [2.75, 3.05) is 12.2 Å². The molecule has 0 radical (unpaired) electrons. The lowest BCUT2D eigenvalue weighted by Crippen LogP contribution is -2.31. The number of anilines is 1. The van der Waals surface area contributed by atoms with Gasteiger partial charge in [0.2, 0.25) is 5.91 Å². The zero-order chi connectivity index (χ0) is 24.5. The lowest BCUT2D eigenvalue weighted by atomic mass is 9.83. The van der Waals surface area contributed by atoms with Crippen LogP contribution < -0.4 is 10.8 Å². The van der Waals surface area contributed by atoms with E-state index >= 15 is 0 Å². The fraction of sp³-hybridized carbons (Fsp3) is 0.261. The van der Waals surface area contributed by atoms with E-state index in [1.807, 2.05) is 20.8 Å². The molecule has 0 aliphatic heterocycles. The van der Waals surface area contributed by atoms with Crippen molar-refractivity contribution in [2.24, 2.45) is 5.73 Å². The molecule has 10 heteroatoms. The first-order valence-corrected chi connectivity index (χ1v) is 10.0. The number of carboxylic acids is 1. The van der Waals surface area contributed by atoms with E-state index in [-0.39, 0.29) is 11.3 Å². The van der Waals surface area contributed by atoms with Crippen molar-refractivity contribution >= 4 is 23.5 Å². The Morgan fingerprint density at radius 2 is 1.82 bits per heavy atom. The van der Waals surface area contributed by atoms with E-state index in [1.54, 1.807) is 43.3 Å². The van der Waals surface area contributed by atoms with Gasteiger partial charge in [0.1, 0.15) is 0 Å². The van der Waals surface area contributed by atoms with E-state index in [1.165, 1.54) is 18.0 Å². The second kappa shape index (κ2) is 8.83. The van der Waals surface area contributed by atoms with Gasteiger partial charge < -0.3 is 10.8 Å². The molecule has 0 aliphatic carbocycles. The van der Waals surface area contributed by atoms with Crippen LogP contribution in [0.15, 0.2) is 42.6 Å². The van der Waals surface area contributed by atoms with Gasteiger partial charge in [-0.15, -0.1) is 5.10 Å². The molecule has 2 amide bonds. The molecule has 0 unspecified atom stereocenters. The Bertz CT molecular complexity index is 1240. The minimum atomic E-state index is -1.20. The Morgan fingerprint density at radius 3 is 2.36 bits per heavy atom. The first-order chi connectivity index (χ1) is 15.4. The maximum Gasteiger partial charge on any atom is 0.358 e. The monoisotopic (exact) mass is 451 g/mol. The summed E-state index contributed by atoms with van der Waals surface area (Å²) in [4.78, 5) is 41.7. The number of hydrogen-bond donors (Lipinski definition) is 2. The number of primary amides is 1. The molecule has 2 aromatic carbocycles. The summed E-state index contributed by atoms with van der Waals surface area (Å²) < 4.78 is 1.30. The quantitative estimate of drug-likeness (QED) is 0.549. The summed E-state index contributed by atoms with van der Waals surface area (Å²) in [6, 6.07) is 9.78. The summed E-state index contributed by atoms with van der Waals surface area (Å²) in [6.45, 7) is 7.62. The maximum atomic E-state index is 13.3. The van der Waals surface area contributed by atoms with Crippen LogP contribution in [-0.2, 0) is 10.3 Å². The SMILES string of the molecule is CON(C(=O)c1ccc(C)c(-n2cc(C(=O)O)nn2)c1)c1ccc(C(N)=O)c(C(C)(C)C)c1. The van der Waals surface area contributed by atoms with Crippen LogP contribution in [-0.4, -0.2) is 45.0 Å². The van der Waals surface area contributed by atoms with Crippen LogP contribution in [0.5, 0.6) is 0 Å². The number of nitrogens with zero attached hydrogens (tertiary/aromatic N) is 4. The summed E-state index contributed by atoms with van der Waals surface area (Å²) in [5, 5.41) is 17.7. The summed E-state index contributed by atoms with van der Waals surface area (Å²) in [7, 11) is 1.36. The minimum absolute atomic E-state index is 0.214. The molecule has 0 saturated carbocycles. The fourth-order valence-corrected chi connectivity index (χ4v) is 3.39. The number of carboxylic acid groups (broad SMARTS) is 1. The molecule has 0 aliphatic rings. The number of rotatable bonds is 6. The lowest BCUT2D eigenvalue weighted by Gasteiger charge is -2.26. The van der Waals surface area contributed by atoms with Crippen molar-refractivity contribution in [1.82, 2.24) is 15.0 Å². The molecule has 1 heterocycles. The second-order valence-corrected chi connectivity index (χ2v) is 8.48. The van der Waals surface area contributed by atoms with E-state index < -0.39 is 23.2 Å². The van der Waals surface area contributed by atoms with Crippen molar-refractivity contribution in [3.8, 4) is 5.69 Å². The van der Waals surface area contributed by atoms with Gasteiger partial charge in [0.05, 0.1) is 24.7 Å². The predicted octanol–water partition coefficient (Wildman–Crippen LogP) is 2.88. The summed E-state index contributed by atoms with van der Waals surface area (Å²) in [6.07, 6.45) is 1.27. The number of benzene rings is 2. The number of nitrogens with two attached hydrogens (primary N) is 1. The fourth-order valence-electron chi connectivity index (χ4n) is 3.39. The molecular formula is C23H25N5O5. The number of aromatic carboxylic acids is 1. The van der Waals surface area contributed by atoms with Gasteiger partial charge in [-0.25, -0.2) is 9.48 Å². The highest BCUT2D eigenvalue weighted by molar-refractivity contribution is 6.05. The highest BCUT2D eigenvalue weighted by Crippen LogP contribution is 2.31. The van der Waals surface area contributed by atoms with Crippen molar-refractivity contribution in [3.63, 3.8) is 0 Å². The molecule has 3 rings (SSSR count). The number of aryl methyl sites for hydroxylation is 1. The Labute approximate surface area is 190 Å². The van der Waals surface area contributed by atoms with E-state index in [9.17, 15) is 14.4 Å². The van der Waals surface area contributed by atoms with Crippen molar-refractivity contribution < 1.29 is 24.3 Å². The third-order valence-electron chi connectivity index (χ3n) is 5.09. The zero-order valence-corrected chi connectivity index (χ0v) is 19.0. The van der Waals surface area contributed by atoms with Crippen molar-refractivity contribution in [1.29, 1.82) is 0 Å². The van der Waals surface area contributed by atoms with Gasteiger partial charge in [0.15, 0.2) is 5.69 Å². The highest BCUT2D eigenvalue weighted by atomic mass is 16.7. The van der Waals surface area contributed by atoms with Gasteiger partial charge >= 0.3 is 5.97 Å². The van der Waals surface area contributed by atoms with Gasteiger partial charge in [-0.3, -0.25) is 14.4 Å². The third kappa shape index (κ3) is 4.75. The van der Waals surface area contributed by atoms with Crippen LogP contribution in [0.2, 0.25) is 0 Å². The molecule has 0 spiro atoms. The summed E-state index contributed by atoms with van der Waals surface area (Å²) in [5.41, 5.74) is 7.91. The van der Waals surface area contributed by atoms with Crippen LogP contribution in [0.4, 0.5) is 5.69 Å². The molecule has 0 atom stereocenters. The Balaban J connectivity index is 2.03. The molecule has 1 aromatic heterocycles. The largest absolute Gasteiger partial charge is 0.476 e. The van der Waals surface area contributed by atoms with Gasteiger partial charge in [0.25, 0.3) is 5.91 Å². The predicted molar refractivity (Wildman–Crippen MR) is 121 cm³/mol. The molecule has 0 bridgehead atoms. The Kier molecular flexibility index (Phi) is 6.32. The smallest absolute Gasteiger partial charge is 0.358 e. The van der Waals surface area contributed by atoms with Crippen molar-refractivity contribution in [3.05, 3.63) is 70.5 Å². The molecule has 3 N–H and O–H groups in total. The summed E-state index contributed by atoms with van der Waals surface area (Å²) in [5.74, 6) is -2.23. The number of amides is 2. The molecule has 0 fully saturated rings. The maximum absolute atomic E-state index is 13.3. The van der Waals surface area contributed by atoms with Crippen LogP contribution >= 0.6 is 0 Å². The molecule has 0 saturated heterocycles. The first-order valence-electron chi connectivity index (χ1n) is 10.0. The Hall–Kier alpha value is -4.05. The normalized spacial score (nSPS) is 11.3. The van der Waals surface area contributed by atoms with Crippen LogP contribution in [0.3, 0.4) is 0 Å². The van der Waals surface area contributed by atoms with Crippen LogP contribution in [0, 0.1) is 6.92 Å². The molecule has 33 heavy (non-hydrogen) atoms. The average molecular weight is 451 g/mol. The topological polar surface area (TPSA) is 141 Å². The van der Waals surface area contributed by atoms with E-state index in [0.717, 1.165) is 10.6 Å². The van der Waals surface area contributed by atoms with Gasteiger partial charge in [-0.1, -0.05) is 32.1 Å².